The Labute approximate surface area is 107 Å². The van der Waals surface area contributed by atoms with Crippen LogP contribution in [0.3, 0.4) is 0 Å². The zero-order valence-electron chi connectivity index (χ0n) is 10.1. The van der Waals surface area contributed by atoms with Crippen LogP contribution in [-0.4, -0.2) is 9.55 Å². The molecule has 96 valence electrons. The first-order chi connectivity index (χ1) is 9.01. The van der Waals surface area contributed by atoms with Crippen molar-refractivity contribution < 1.29 is 4.39 Å². The summed E-state index contributed by atoms with van der Waals surface area (Å²) in [6.45, 7) is 1.51. The smallest absolute Gasteiger partial charge is 0.296 e. The van der Waals surface area contributed by atoms with Crippen LogP contribution in [0, 0.1) is 24.1 Å². The van der Waals surface area contributed by atoms with E-state index in [4.69, 9.17) is 5.26 Å². The first kappa shape index (κ1) is 12.8. The largest absolute Gasteiger partial charge is 0.328 e. The second-order valence-corrected chi connectivity index (χ2v) is 4.12. The van der Waals surface area contributed by atoms with Crippen LogP contribution in [0.15, 0.2) is 34.0 Å². The molecule has 2 aromatic rings. The molecular formula is C13H10FN3O2. The van der Waals surface area contributed by atoms with Crippen LogP contribution < -0.4 is 11.2 Å². The number of aryl methyl sites for hydroxylation is 1. The number of H-pyrrole nitrogens is 1. The molecule has 0 bridgehead atoms. The molecule has 0 aliphatic heterocycles. The van der Waals surface area contributed by atoms with Gasteiger partial charge in [-0.15, -0.1) is 0 Å². The Hall–Kier alpha value is -2.68. The van der Waals surface area contributed by atoms with Gasteiger partial charge < -0.3 is 0 Å². The predicted molar refractivity (Wildman–Crippen MR) is 66.3 cm³/mol. The van der Waals surface area contributed by atoms with Crippen molar-refractivity contribution in [2.24, 2.45) is 0 Å². The van der Waals surface area contributed by atoms with Gasteiger partial charge in [-0.2, -0.15) is 5.26 Å². The molecule has 0 radical (unpaired) electrons. The molecule has 1 aromatic heterocycles. The van der Waals surface area contributed by atoms with Gasteiger partial charge in [-0.05, 0) is 25.1 Å². The van der Waals surface area contributed by atoms with Crippen molar-refractivity contribution in [3.63, 3.8) is 0 Å². The number of rotatable bonds is 2. The first-order valence-electron chi connectivity index (χ1n) is 5.50. The highest BCUT2D eigenvalue weighted by Crippen LogP contribution is 2.11. The van der Waals surface area contributed by atoms with Gasteiger partial charge in [0.2, 0.25) is 0 Å². The third-order valence-electron chi connectivity index (χ3n) is 2.70. The lowest BCUT2D eigenvalue weighted by molar-refractivity contribution is 0.591. The fourth-order valence-electron chi connectivity index (χ4n) is 1.68. The van der Waals surface area contributed by atoms with E-state index in [1.54, 1.807) is 6.92 Å². The molecule has 0 amide bonds. The molecule has 0 aliphatic rings. The Balaban J connectivity index is 2.48. The van der Waals surface area contributed by atoms with E-state index in [0.29, 0.717) is 11.1 Å². The second-order valence-electron chi connectivity index (χ2n) is 4.12. The Bertz CT molecular complexity index is 784. The summed E-state index contributed by atoms with van der Waals surface area (Å²) < 4.78 is 14.8. The Morgan fingerprint density at radius 1 is 1.42 bits per heavy atom. The van der Waals surface area contributed by atoms with E-state index >= 15 is 0 Å². The number of nitriles is 1. The van der Waals surface area contributed by atoms with Crippen molar-refractivity contribution in [2.75, 3.05) is 0 Å². The maximum Gasteiger partial charge on any atom is 0.328 e. The van der Waals surface area contributed by atoms with E-state index in [1.165, 1.54) is 29.0 Å². The molecule has 6 heteroatoms. The molecule has 0 saturated heterocycles. The zero-order chi connectivity index (χ0) is 14.0. The molecule has 0 aliphatic carbocycles. The van der Waals surface area contributed by atoms with Crippen LogP contribution in [0.25, 0.3) is 0 Å². The van der Waals surface area contributed by atoms with E-state index in [9.17, 15) is 14.0 Å². The minimum absolute atomic E-state index is 0.0438. The molecule has 0 saturated carbocycles. The van der Waals surface area contributed by atoms with Gasteiger partial charge in [-0.3, -0.25) is 14.3 Å². The Kier molecular flexibility index (Phi) is 3.29. The lowest BCUT2D eigenvalue weighted by Gasteiger charge is -2.07. The monoisotopic (exact) mass is 259 g/mol. The summed E-state index contributed by atoms with van der Waals surface area (Å²) in [5.74, 6) is -0.505. The molecule has 0 atom stereocenters. The highest BCUT2D eigenvalue weighted by molar-refractivity contribution is 5.33. The van der Waals surface area contributed by atoms with Crippen LogP contribution in [0.5, 0.6) is 0 Å². The van der Waals surface area contributed by atoms with Gasteiger partial charge in [0.1, 0.15) is 5.82 Å². The number of aromatic nitrogens is 2. The molecule has 1 aromatic carbocycles. The number of benzene rings is 1. The van der Waals surface area contributed by atoms with Crippen LogP contribution in [0.4, 0.5) is 4.39 Å². The summed E-state index contributed by atoms with van der Waals surface area (Å²) in [4.78, 5) is 24.9. The van der Waals surface area contributed by atoms with Crippen LogP contribution in [0.2, 0.25) is 0 Å². The van der Waals surface area contributed by atoms with E-state index < -0.39 is 17.1 Å². The molecule has 1 heterocycles. The number of nitrogens with one attached hydrogen (secondary N) is 1. The highest BCUT2D eigenvalue weighted by Gasteiger charge is 2.07. The lowest BCUT2D eigenvalue weighted by Crippen LogP contribution is -2.31. The predicted octanol–water partition coefficient (Wildman–Crippen LogP) is 0.904. The third-order valence-corrected chi connectivity index (χ3v) is 2.70. The van der Waals surface area contributed by atoms with Crippen molar-refractivity contribution in [3.8, 4) is 6.07 Å². The summed E-state index contributed by atoms with van der Waals surface area (Å²) in [5.41, 5.74) is -0.195. The minimum atomic E-state index is -0.614. The van der Waals surface area contributed by atoms with Gasteiger partial charge in [0, 0.05) is 17.3 Å². The van der Waals surface area contributed by atoms with E-state index in [1.807, 2.05) is 6.07 Å². The van der Waals surface area contributed by atoms with Gasteiger partial charge >= 0.3 is 5.69 Å². The third kappa shape index (κ3) is 2.60. The number of aromatic amines is 1. The highest BCUT2D eigenvalue weighted by atomic mass is 19.1. The fourth-order valence-corrected chi connectivity index (χ4v) is 1.68. The van der Waals surface area contributed by atoms with Crippen molar-refractivity contribution in [1.82, 2.24) is 9.55 Å². The van der Waals surface area contributed by atoms with E-state index in [0.717, 1.165) is 0 Å². The van der Waals surface area contributed by atoms with Crippen molar-refractivity contribution in [3.05, 3.63) is 67.7 Å². The fraction of sp³-hybridized carbons (Fsp3) is 0.154. The van der Waals surface area contributed by atoms with Gasteiger partial charge in [-0.25, -0.2) is 9.18 Å². The average Bonchev–Trinajstić information content (AvgIpc) is 2.38. The molecule has 5 nitrogen and oxygen atoms in total. The number of halogens is 1. The SMILES string of the molecule is Cc1cn(Cc2cc(C#N)ccc2F)c(=O)[nH]c1=O. The van der Waals surface area contributed by atoms with Crippen molar-refractivity contribution in [2.45, 2.75) is 13.5 Å². The Morgan fingerprint density at radius 3 is 2.84 bits per heavy atom. The molecule has 0 spiro atoms. The molecule has 1 N–H and O–H groups in total. The molecule has 0 fully saturated rings. The topological polar surface area (TPSA) is 78.7 Å². The lowest BCUT2D eigenvalue weighted by atomic mass is 10.1. The van der Waals surface area contributed by atoms with E-state index in [2.05, 4.69) is 4.98 Å². The Morgan fingerprint density at radius 2 is 2.16 bits per heavy atom. The number of hydrogen-bond donors (Lipinski definition) is 1. The van der Waals surface area contributed by atoms with Gasteiger partial charge in [0.05, 0.1) is 18.2 Å². The normalized spacial score (nSPS) is 10.2. The number of nitrogens with zero attached hydrogens (tertiary/aromatic N) is 2. The standard InChI is InChI=1S/C13H10FN3O2/c1-8-6-17(13(19)16-12(8)18)7-10-4-9(5-15)2-3-11(10)14/h2-4,6H,7H2,1H3,(H,16,18,19). The maximum absolute atomic E-state index is 13.6. The maximum atomic E-state index is 13.6. The second kappa shape index (κ2) is 4.90. The molecule has 0 unspecified atom stereocenters. The van der Waals surface area contributed by atoms with Crippen LogP contribution in [-0.2, 0) is 6.54 Å². The first-order valence-corrected chi connectivity index (χ1v) is 5.50. The van der Waals surface area contributed by atoms with Crippen molar-refractivity contribution >= 4 is 0 Å². The van der Waals surface area contributed by atoms with Gasteiger partial charge in [0.25, 0.3) is 5.56 Å². The van der Waals surface area contributed by atoms with Crippen LogP contribution >= 0.6 is 0 Å². The van der Waals surface area contributed by atoms with Gasteiger partial charge in [-0.1, -0.05) is 0 Å². The summed E-state index contributed by atoms with van der Waals surface area (Å²) in [6, 6.07) is 5.82. The quantitative estimate of drug-likeness (QED) is 0.870. The van der Waals surface area contributed by atoms with Gasteiger partial charge in [0.15, 0.2) is 0 Å². The van der Waals surface area contributed by atoms with Crippen LogP contribution in [0.1, 0.15) is 16.7 Å². The summed E-state index contributed by atoms with van der Waals surface area (Å²) >= 11 is 0. The average molecular weight is 259 g/mol. The number of hydrogen-bond acceptors (Lipinski definition) is 3. The molecule has 2 rings (SSSR count). The summed E-state index contributed by atoms with van der Waals surface area (Å²) in [5, 5.41) is 8.77. The zero-order valence-corrected chi connectivity index (χ0v) is 10.1. The van der Waals surface area contributed by atoms with E-state index in [-0.39, 0.29) is 12.1 Å². The molecule has 19 heavy (non-hydrogen) atoms. The summed E-state index contributed by atoms with van der Waals surface area (Å²) in [7, 11) is 0. The van der Waals surface area contributed by atoms with Crippen molar-refractivity contribution in [1.29, 1.82) is 5.26 Å². The summed E-state index contributed by atoms with van der Waals surface area (Å²) in [6.07, 6.45) is 1.36. The molecular weight excluding hydrogens is 249 g/mol. The minimum Gasteiger partial charge on any atom is -0.296 e.